The molecule has 0 saturated heterocycles. The van der Waals surface area contributed by atoms with Crippen molar-refractivity contribution in [2.45, 2.75) is 72.4 Å². The zero-order valence-electron chi connectivity index (χ0n) is 13.0. The van der Waals surface area contributed by atoms with E-state index >= 15 is 0 Å². The first-order valence-electron chi connectivity index (χ1n) is 7.83. The standard InChI is InChI=1S/C16H29N3/c1-5-9-16(4,12-17-14-7-8-14)11-15-10-13(3)18-19(15)6-2/h10,14,17H,5-9,11-12H2,1-4H3. The molecule has 0 aliphatic heterocycles. The highest BCUT2D eigenvalue weighted by Crippen LogP contribution is 2.30. The number of hydrogen-bond donors (Lipinski definition) is 1. The van der Waals surface area contributed by atoms with E-state index < -0.39 is 0 Å². The highest BCUT2D eigenvalue weighted by molar-refractivity contribution is 5.11. The van der Waals surface area contributed by atoms with Gasteiger partial charge in [-0.1, -0.05) is 20.3 Å². The predicted octanol–water partition coefficient (Wildman–Crippen LogP) is 3.31. The summed E-state index contributed by atoms with van der Waals surface area (Å²) in [5, 5.41) is 8.29. The van der Waals surface area contributed by atoms with Gasteiger partial charge in [-0.05, 0) is 51.0 Å². The minimum atomic E-state index is 0.358. The molecule has 0 radical (unpaired) electrons. The lowest BCUT2D eigenvalue weighted by Gasteiger charge is -2.30. The van der Waals surface area contributed by atoms with E-state index in [0.29, 0.717) is 5.41 Å². The number of rotatable bonds is 8. The maximum atomic E-state index is 4.58. The van der Waals surface area contributed by atoms with Gasteiger partial charge in [0.1, 0.15) is 0 Å². The van der Waals surface area contributed by atoms with Gasteiger partial charge in [0.25, 0.3) is 0 Å². The monoisotopic (exact) mass is 263 g/mol. The van der Waals surface area contributed by atoms with Crippen LogP contribution >= 0.6 is 0 Å². The molecule has 1 saturated carbocycles. The summed E-state index contributed by atoms with van der Waals surface area (Å²) in [5.74, 6) is 0. The molecule has 0 bridgehead atoms. The van der Waals surface area contributed by atoms with Crippen LogP contribution in [0.3, 0.4) is 0 Å². The summed E-state index contributed by atoms with van der Waals surface area (Å²) in [5.41, 5.74) is 2.90. The molecular formula is C16H29N3. The Labute approximate surface area is 117 Å². The van der Waals surface area contributed by atoms with Crippen LogP contribution in [0.25, 0.3) is 0 Å². The summed E-state index contributed by atoms with van der Waals surface area (Å²) in [6.07, 6.45) is 6.40. The highest BCUT2D eigenvalue weighted by atomic mass is 15.3. The van der Waals surface area contributed by atoms with Crippen LogP contribution < -0.4 is 5.32 Å². The Bertz CT molecular complexity index is 406. The van der Waals surface area contributed by atoms with Crippen LogP contribution in [0.15, 0.2) is 6.07 Å². The molecule has 0 amide bonds. The lowest BCUT2D eigenvalue weighted by Crippen LogP contribution is -2.35. The molecule has 1 fully saturated rings. The summed E-state index contributed by atoms with van der Waals surface area (Å²) in [6, 6.07) is 3.06. The molecule has 1 aliphatic rings. The molecule has 1 atom stereocenters. The van der Waals surface area contributed by atoms with E-state index in [-0.39, 0.29) is 0 Å². The lowest BCUT2D eigenvalue weighted by molar-refractivity contribution is 0.267. The van der Waals surface area contributed by atoms with Crippen molar-refractivity contribution in [1.29, 1.82) is 0 Å². The Balaban J connectivity index is 2.04. The van der Waals surface area contributed by atoms with Crippen LogP contribution in [0.5, 0.6) is 0 Å². The molecule has 1 aromatic rings. The first kappa shape index (κ1) is 14.6. The van der Waals surface area contributed by atoms with Gasteiger partial charge in [-0.3, -0.25) is 4.68 Å². The quantitative estimate of drug-likeness (QED) is 0.780. The van der Waals surface area contributed by atoms with E-state index in [1.165, 1.54) is 31.4 Å². The fourth-order valence-corrected chi connectivity index (χ4v) is 2.97. The number of hydrogen-bond acceptors (Lipinski definition) is 2. The van der Waals surface area contributed by atoms with E-state index in [9.17, 15) is 0 Å². The Morgan fingerprint density at radius 3 is 2.74 bits per heavy atom. The molecular weight excluding hydrogens is 234 g/mol. The van der Waals surface area contributed by atoms with Crippen LogP contribution in [-0.4, -0.2) is 22.4 Å². The molecule has 19 heavy (non-hydrogen) atoms. The fraction of sp³-hybridized carbons (Fsp3) is 0.812. The van der Waals surface area contributed by atoms with E-state index in [4.69, 9.17) is 0 Å². The normalized spacial score (nSPS) is 18.5. The minimum absolute atomic E-state index is 0.358. The molecule has 1 aromatic heterocycles. The summed E-state index contributed by atoms with van der Waals surface area (Å²) >= 11 is 0. The summed E-state index contributed by atoms with van der Waals surface area (Å²) < 4.78 is 2.17. The largest absolute Gasteiger partial charge is 0.313 e. The van der Waals surface area contributed by atoms with Crippen LogP contribution in [0, 0.1) is 12.3 Å². The van der Waals surface area contributed by atoms with Crippen molar-refractivity contribution in [3.63, 3.8) is 0 Å². The van der Waals surface area contributed by atoms with Crippen molar-refractivity contribution in [2.24, 2.45) is 5.41 Å². The van der Waals surface area contributed by atoms with Crippen LogP contribution in [0.1, 0.15) is 57.8 Å². The van der Waals surface area contributed by atoms with Gasteiger partial charge in [0.2, 0.25) is 0 Å². The second-order valence-corrected chi connectivity index (χ2v) is 6.49. The van der Waals surface area contributed by atoms with Crippen LogP contribution in [0.4, 0.5) is 0 Å². The van der Waals surface area contributed by atoms with Crippen molar-refractivity contribution in [3.8, 4) is 0 Å². The van der Waals surface area contributed by atoms with Crippen molar-refractivity contribution < 1.29 is 0 Å². The number of nitrogens with one attached hydrogen (secondary N) is 1. The van der Waals surface area contributed by atoms with Crippen molar-refractivity contribution in [1.82, 2.24) is 15.1 Å². The van der Waals surface area contributed by atoms with Gasteiger partial charge in [0.15, 0.2) is 0 Å². The Morgan fingerprint density at radius 2 is 2.16 bits per heavy atom. The molecule has 1 N–H and O–H groups in total. The minimum Gasteiger partial charge on any atom is -0.313 e. The van der Waals surface area contributed by atoms with Gasteiger partial charge in [-0.25, -0.2) is 0 Å². The average Bonchev–Trinajstić information content (AvgIpc) is 3.12. The smallest absolute Gasteiger partial charge is 0.0596 e. The third kappa shape index (κ3) is 4.07. The fourth-order valence-electron chi connectivity index (χ4n) is 2.97. The first-order valence-corrected chi connectivity index (χ1v) is 7.83. The average molecular weight is 263 g/mol. The molecule has 1 unspecified atom stereocenters. The van der Waals surface area contributed by atoms with E-state index in [2.05, 4.69) is 48.9 Å². The lowest BCUT2D eigenvalue weighted by atomic mass is 9.81. The van der Waals surface area contributed by atoms with Gasteiger partial charge in [0.05, 0.1) is 5.69 Å². The molecule has 0 spiro atoms. The summed E-state index contributed by atoms with van der Waals surface area (Å²) in [6.45, 7) is 11.1. The second-order valence-electron chi connectivity index (χ2n) is 6.49. The van der Waals surface area contributed by atoms with Crippen LogP contribution in [-0.2, 0) is 13.0 Å². The van der Waals surface area contributed by atoms with E-state index in [1.54, 1.807) is 0 Å². The second kappa shape index (κ2) is 6.08. The third-order valence-corrected chi connectivity index (χ3v) is 4.14. The van der Waals surface area contributed by atoms with E-state index in [0.717, 1.165) is 31.2 Å². The maximum Gasteiger partial charge on any atom is 0.0596 e. The molecule has 108 valence electrons. The van der Waals surface area contributed by atoms with Gasteiger partial charge >= 0.3 is 0 Å². The van der Waals surface area contributed by atoms with Crippen molar-refractivity contribution in [3.05, 3.63) is 17.5 Å². The highest BCUT2D eigenvalue weighted by Gasteiger charge is 2.29. The summed E-state index contributed by atoms with van der Waals surface area (Å²) in [4.78, 5) is 0. The van der Waals surface area contributed by atoms with Gasteiger partial charge in [-0.15, -0.1) is 0 Å². The molecule has 3 heteroatoms. The van der Waals surface area contributed by atoms with Crippen LogP contribution in [0.2, 0.25) is 0 Å². The van der Waals surface area contributed by atoms with Gasteiger partial charge in [-0.2, -0.15) is 5.10 Å². The number of aromatic nitrogens is 2. The van der Waals surface area contributed by atoms with Gasteiger partial charge < -0.3 is 5.32 Å². The predicted molar refractivity (Wildman–Crippen MR) is 80.4 cm³/mol. The Morgan fingerprint density at radius 1 is 1.42 bits per heavy atom. The van der Waals surface area contributed by atoms with Crippen molar-refractivity contribution in [2.75, 3.05) is 6.54 Å². The molecule has 1 heterocycles. The molecule has 3 nitrogen and oxygen atoms in total. The number of nitrogens with zero attached hydrogens (tertiary/aromatic N) is 2. The molecule has 0 aromatic carbocycles. The third-order valence-electron chi connectivity index (χ3n) is 4.14. The molecule has 1 aliphatic carbocycles. The SMILES string of the molecule is CCCC(C)(CNC1CC1)Cc1cc(C)nn1CC. The zero-order chi connectivity index (χ0) is 13.9. The van der Waals surface area contributed by atoms with Crippen molar-refractivity contribution >= 4 is 0 Å². The maximum absolute atomic E-state index is 4.58. The van der Waals surface area contributed by atoms with E-state index in [1.807, 2.05) is 0 Å². The zero-order valence-corrected chi connectivity index (χ0v) is 13.0. The van der Waals surface area contributed by atoms with Gasteiger partial charge in [0, 0.05) is 24.8 Å². The number of aryl methyl sites for hydroxylation is 2. The topological polar surface area (TPSA) is 29.9 Å². The Kier molecular flexibility index (Phi) is 4.67. The summed E-state index contributed by atoms with van der Waals surface area (Å²) in [7, 11) is 0. The first-order chi connectivity index (χ1) is 9.06. The Hall–Kier alpha value is -0.830. The molecule has 2 rings (SSSR count).